The fourth-order valence-corrected chi connectivity index (χ4v) is 2.07. The van der Waals surface area contributed by atoms with Crippen LogP contribution >= 0.6 is 0 Å². The number of fused-ring (bicyclic) bond motifs is 1. The number of hydrogen-bond acceptors (Lipinski definition) is 2. The molecule has 0 aliphatic carbocycles. The van der Waals surface area contributed by atoms with Crippen molar-refractivity contribution in [2.45, 2.75) is 13.3 Å². The molecule has 0 aliphatic rings. The molecular weight excluding hydrogens is 210 g/mol. The number of hydrogen-bond donors (Lipinski definition) is 0. The lowest BCUT2D eigenvalue weighted by atomic mass is 10.2. The molecule has 0 unspecified atom stereocenters. The van der Waals surface area contributed by atoms with Crippen molar-refractivity contribution in [1.29, 1.82) is 0 Å². The van der Waals surface area contributed by atoms with Crippen molar-refractivity contribution < 1.29 is 0 Å². The van der Waals surface area contributed by atoms with Crippen molar-refractivity contribution in [3.05, 3.63) is 54.6 Å². The van der Waals surface area contributed by atoms with Crippen molar-refractivity contribution >= 4 is 5.52 Å². The van der Waals surface area contributed by atoms with E-state index in [0.717, 1.165) is 23.5 Å². The summed E-state index contributed by atoms with van der Waals surface area (Å²) in [4.78, 5) is 8.75. The van der Waals surface area contributed by atoms with Gasteiger partial charge in [-0.05, 0) is 30.7 Å². The van der Waals surface area contributed by atoms with E-state index in [1.54, 1.807) is 12.4 Å². The van der Waals surface area contributed by atoms with Gasteiger partial charge in [0.25, 0.3) is 0 Å². The Bertz CT molecular complexity index is 641. The van der Waals surface area contributed by atoms with Gasteiger partial charge in [0.2, 0.25) is 0 Å². The van der Waals surface area contributed by atoms with Gasteiger partial charge in [0.1, 0.15) is 5.82 Å². The first-order valence-corrected chi connectivity index (χ1v) is 5.76. The second-order valence-electron chi connectivity index (χ2n) is 3.93. The van der Waals surface area contributed by atoms with E-state index in [4.69, 9.17) is 4.98 Å². The van der Waals surface area contributed by atoms with Crippen molar-refractivity contribution in [2.24, 2.45) is 0 Å². The van der Waals surface area contributed by atoms with Crippen LogP contribution in [-0.4, -0.2) is 14.4 Å². The molecule has 0 fully saturated rings. The first kappa shape index (κ1) is 10.0. The Balaban J connectivity index is 2.31. The molecule has 0 saturated carbocycles. The molecule has 0 radical (unpaired) electrons. The summed E-state index contributed by atoms with van der Waals surface area (Å²) in [5, 5.41) is 0. The molecule has 3 aromatic heterocycles. The van der Waals surface area contributed by atoms with E-state index in [1.165, 1.54) is 5.52 Å². The van der Waals surface area contributed by atoms with Gasteiger partial charge < -0.3 is 0 Å². The molecule has 3 heteroatoms. The number of imidazole rings is 1. The van der Waals surface area contributed by atoms with Crippen LogP contribution in [0.25, 0.3) is 16.9 Å². The van der Waals surface area contributed by atoms with Gasteiger partial charge in [0.15, 0.2) is 0 Å². The molecule has 3 nitrogen and oxygen atoms in total. The van der Waals surface area contributed by atoms with Gasteiger partial charge >= 0.3 is 0 Å². The molecule has 3 rings (SSSR count). The highest BCUT2D eigenvalue weighted by atomic mass is 15.0. The third-order valence-electron chi connectivity index (χ3n) is 2.90. The van der Waals surface area contributed by atoms with Crippen LogP contribution in [0.15, 0.2) is 48.9 Å². The van der Waals surface area contributed by atoms with E-state index in [0.29, 0.717) is 0 Å². The lowest BCUT2D eigenvalue weighted by Gasteiger charge is -1.99. The Morgan fingerprint density at radius 1 is 1.12 bits per heavy atom. The van der Waals surface area contributed by atoms with E-state index in [2.05, 4.69) is 28.6 Å². The van der Waals surface area contributed by atoms with E-state index < -0.39 is 0 Å². The summed E-state index contributed by atoms with van der Waals surface area (Å²) < 4.78 is 2.13. The number of aryl methyl sites for hydroxylation is 1. The van der Waals surface area contributed by atoms with Crippen molar-refractivity contribution in [3.63, 3.8) is 0 Å². The average molecular weight is 223 g/mol. The Hall–Kier alpha value is -2.16. The smallest absolute Gasteiger partial charge is 0.144 e. The number of pyridine rings is 2. The van der Waals surface area contributed by atoms with Gasteiger partial charge in [0.05, 0.1) is 11.2 Å². The Morgan fingerprint density at radius 2 is 1.94 bits per heavy atom. The predicted octanol–water partition coefficient (Wildman–Crippen LogP) is 2.96. The second kappa shape index (κ2) is 4.01. The second-order valence-corrected chi connectivity index (χ2v) is 3.93. The Kier molecular flexibility index (Phi) is 2.37. The third kappa shape index (κ3) is 1.60. The summed E-state index contributed by atoms with van der Waals surface area (Å²) >= 11 is 0. The van der Waals surface area contributed by atoms with Crippen LogP contribution in [0.3, 0.4) is 0 Å². The van der Waals surface area contributed by atoms with Crippen LogP contribution in [0, 0.1) is 0 Å². The summed E-state index contributed by atoms with van der Waals surface area (Å²) in [5.41, 5.74) is 3.42. The SMILES string of the molecule is CCc1nc(-c2ccncc2)n2ccccc12. The quantitative estimate of drug-likeness (QED) is 0.668. The van der Waals surface area contributed by atoms with Gasteiger partial charge in [-0.25, -0.2) is 4.98 Å². The molecule has 0 N–H and O–H groups in total. The van der Waals surface area contributed by atoms with Crippen LogP contribution in [-0.2, 0) is 6.42 Å². The highest BCUT2D eigenvalue weighted by Gasteiger charge is 2.10. The van der Waals surface area contributed by atoms with Gasteiger partial charge in [-0.3, -0.25) is 9.38 Å². The van der Waals surface area contributed by atoms with E-state index in [9.17, 15) is 0 Å². The Labute approximate surface area is 99.8 Å². The predicted molar refractivity (Wildman–Crippen MR) is 67.8 cm³/mol. The molecule has 84 valence electrons. The molecule has 17 heavy (non-hydrogen) atoms. The highest BCUT2D eigenvalue weighted by Crippen LogP contribution is 2.22. The van der Waals surface area contributed by atoms with Gasteiger partial charge in [0, 0.05) is 24.2 Å². The first-order chi connectivity index (χ1) is 8.40. The maximum absolute atomic E-state index is 4.71. The largest absolute Gasteiger partial charge is 0.299 e. The molecule has 3 heterocycles. The van der Waals surface area contributed by atoms with E-state index in [-0.39, 0.29) is 0 Å². The maximum atomic E-state index is 4.71. The maximum Gasteiger partial charge on any atom is 0.144 e. The van der Waals surface area contributed by atoms with Crippen LogP contribution in [0.1, 0.15) is 12.6 Å². The summed E-state index contributed by atoms with van der Waals surface area (Å²) in [7, 11) is 0. The monoisotopic (exact) mass is 223 g/mol. The van der Waals surface area contributed by atoms with Gasteiger partial charge in [-0.2, -0.15) is 0 Å². The van der Waals surface area contributed by atoms with Crippen molar-refractivity contribution in [3.8, 4) is 11.4 Å². The fraction of sp³-hybridized carbons (Fsp3) is 0.143. The van der Waals surface area contributed by atoms with Crippen LogP contribution in [0.5, 0.6) is 0 Å². The topological polar surface area (TPSA) is 30.2 Å². The van der Waals surface area contributed by atoms with Crippen LogP contribution in [0.2, 0.25) is 0 Å². The number of nitrogens with zero attached hydrogens (tertiary/aromatic N) is 3. The minimum Gasteiger partial charge on any atom is -0.299 e. The van der Waals surface area contributed by atoms with Crippen LogP contribution < -0.4 is 0 Å². The fourth-order valence-electron chi connectivity index (χ4n) is 2.07. The zero-order valence-electron chi connectivity index (χ0n) is 9.67. The Morgan fingerprint density at radius 3 is 2.71 bits per heavy atom. The van der Waals surface area contributed by atoms with Gasteiger partial charge in [-0.15, -0.1) is 0 Å². The van der Waals surface area contributed by atoms with Crippen LogP contribution in [0.4, 0.5) is 0 Å². The molecule has 0 atom stereocenters. The lowest BCUT2D eigenvalue weighted by Crippen LogP contribution is -1.88. The molecule has 3 aromatic rings. The van der Waals surface area contributed by atoms with Gasteiger partial charge in [-0.1, -0.05) is 13.0 Å². The number of aromatic nitrogens is 3. The summed E-state index contributed by atoms with van der Waals surface area (Å²) in [5.74, 6) is 0.986. The third-order valence-corrected chi connectivity index (χ3v) is 2.90. The first-order valence-electron chi connectivity index (χ1n) is 5.76. The lowest BCUT2D eigenvalue weighted by molar-refractivity contribution is 1.08. The zero-order valence-corrected chi connectivity index (χ0v) is 9.67. The standard InChI is InChI=1S/C14H13N3/c1-2-12-13-5-3-4-10-17(13)14(16-12)11-6-8-15-9-7-11/h3-10H,2H2,1H3. The number of rotatable bonds is 2. The van der Waals surface area contributed by atoms with E-state index >= 15 is 0 Å². The summed E-state index contributed by atoms with van der Waals surface area (Å²) in [6.07, 6.45) is 6.59. The molecule has 0 aliphatic heterocycles. The van der Waals surface area contributed by atoms with Crippen molar-refractivity contribution in [2.75, 3.05) is 0 Å². The molecule has 0 aromatic carbocycles. The normalized spacial score (nSPS) is 10.9. The highest BCUT2D eigenvalue weighted by molar-refractivity contribution is 5.65. The average Bonchev–Trinajstić information content (AvgIpc) is 2.78. The van der Waals surface area contributed by atoms with E-state index in [1.807, 2.05) is 24.3 Å². The molecule has 0 bridgehead atoms. The summed E-state index contributed by atoms with van der Waals surface area (Å²) in [6.45, 7) is 2.13. The summed E-state index contributed by atoms with van der Waals surface area (Å²) in [6, 6.07) is 10.2. The minimum atomic E-state index is 0.943. The molecule has 0 amide bonds. The molecular formula is C14H13N3. The zero-order chi connectivity index (χ0) is 11.7. The molecule has 0 spiro atoms. The van der Waals surface area contributed by atoms with Crippen molar-refractivity contribution in [1.82, 2.24) is 14.4 Å². The molecule has 0 saturated heterocycles. The minimum absolute atomic E-state index is 0.943.